The molecule has 3 rings (SSSR count). The lowest BCUT2D eigenvalue weighted by molar-refractivity contribution is -0.128. The molecule has 25 heavy (non-hydrogen) atoms. The van der Waals surface area contributed by atoms with Crippen molar-refractivity contribution in [3.8, 4) is 0 Å². The highest BCUT2D eigenvalue weighted by Gasteiger charge is 2.22. The number of carbonyl (C=O) groups excluding carboxylic acids is 2. The Morgan fingerprint density at radius 2 is 2.08 bits per heavy atom. The first-order valence-corrected chi connectivity index (χ1v) is 7.79. The molecule has 7 nitrogen and oxygen atoms in total. The summed E-state index contributed by atoms with van der Waals surface area (Å²) in [4.78, 5) is 24.0. The average Bonchev–Trinajstić information content (AvgIpc) is 3.13. The molecule has 134 valence electrons. The number of halogens is 2. The van der Waals surface area contributed by atoms with Gasteiger partial charge in [0.2, 0.25) is 0 Å². The van der Waals surface area contributed by atoms with Crippen LogP contribution in [0.25, 0.3) is 0 Å². The summed E-state index contributed by atoms with van der Waals surface area (Å²) in [5.41, 5.74) is 0.946. The Kier molecular flexibility index (Phi) is 6.83. The Morgan fingerprint density at radius 1 is 1.24 bits per heavy atom. The van der Waals surface area contributed by atoms with Crippen molar-refractivity contribution in [2.75, 3.05) is 30.3 Å². The van der Waals surface area contributed by atoms with E-state index in [0.717, 1.165) is 6.54 Å². The molecule has 0 bridgehead atoms. The van der Waals surface area contributed by atoms with Gasteiger partial charge in [0, 0.05) is 18.8 Å². The van der Waals surface area contributed by atoms with Crippen molar-refractivity contribution in [2.45, 2.75) is 6.10 Å². The van der Waals surface area contributed by atoms with Crippen molar-refractivity contribution in [3.63, 3.8) is 0 Å². The zero-order chi connectivity index (χ0) is 16.9. The maximum Gasteiger partial charge on any atom is 0.291 e. The maximum absolute atomic E-state index is 12.1. The van der Waals surface area contributed by atoms with E-state index in [9.17, 15) is 9.59 Å². The smallest absolute Gasteiger partial charge is 0.291 e. The Balaban J connectivity index is 0.00000225. The van der Waals surface area contributed by atoms with Crippen LogP contribution in [0.5, 0.6) is 0 Å². The summed E-state index contributed by atoms with van der Waals surface area (Å²) >= 11 is 6.16. The molecule has 1 unspecified atom stereocenters. The van der Waals surface area contributed by atoms with Crippen molar-refractivity contribution >= 4 is 47.2 Å². The predicted molar refractivity (Wildman–Crippen MR) is 96.6 cm³/mol. The van der Waals surface area contributed by atoms with Crippen molar-refractivity contribution < 1.29 is 18.7 Å². The molecule has 1 aromatic carbocycles. The SMILES string of the molecule is Cl.O=C(Nc1ccc(NC(=O)C2CNCCO2)cc1Cl)c1ccco1. The zero-order valence-corrected chi connectivity index (χ0v) is 14.7. The van der Waals surface area contributed by atoms with Gasteiger partial charge in [-0.1, -0.05) is 11.6 Å². The highest BCUT2D eigenvalue weighted by atomic mass is 35.5. The van der Waals surface area contributed by atoms with Crippen molar-refractivity contribution in [2.24, 2.45) is 0 Å². The number of hydrogen-bond acceptors (Lipinski definition) is 5. The van der Waals surface area contributed by atoms with Gasteiger partial charge in [0.1, 0.15) is 6.10 Å². The highest BCUT2D eigenvalue weighted by molar-refractivity contribution is 6.34. The number of ether oxygens (including phenoxy) is 1. The fourth-order valence-electron chi connectivity index (χ4n) is 2.24. The molecule has 1 aliphatic rings. The van der Waals surface area contributed by atoms with E-state index < -0.39 is 12.0 Å². The van der Waals surface area contributed by atoms with Gasteiger partial charge in [-0.2, -0.15) is 0 Å². The molecular formula is C16H17Cl2N3O4. The van der Waals surface area contributed by atoms with Crippen molar-refractivity contribution in [3.05, 3.63) is 47.4 Å². The molecule has 0 aliphatic carbocycles. The van der Waals surface area contributed by atoms with Crippen LogP contribution in [0, 0.1) is 0 Å². The number of nitrogens with one attached hydrogen (secondary N) is 3. The van der Waals surface area contributed by atoms with Gasteiger partial charge in [-0.3, -0.25) is 9.59 Å². The second kappa shape index (κ2) is 8.87. The molecule has 1 fully saturated rings. The van der Waals surface area contributed by atoms with Gasteiger partial charge in [0.25, 0.3) is 11.8 Å². The lowest BCUT2D eigenvalue weighted by atomic mass is 10.2. The van der Waals surface area contributed by atoms with E-state index in [0.29, 0.717) is 29.5 Å². The van der Waals surface area contributed by atoms with Crippen LogP contribution in [0.4, 0.5) is 11.4 Å². The van der Waals surface area contributed by atoms with Crippen LogP contribution in [0.1, 0.15) is 10.6 Å². The molecule has 9 heteroatoms. The summed E-state index contributed by atoms with van der Waals surface area (Å²) in [5, 5.41) is 8.78. The first-order chi connectivity index (χ1) is 11.6. The molecule has 0 saturated carbocycles. The van der Waals surface area contributed by atoms with Gasteiger partial charge in [0.15, 0.2) is 5.76 Å². The summed E-state index contributed by atoms with van der Waals surface area (Å²) in [6, 6.07) is 8.00. The van der Waals surface area contributed by atoms with Crippen molar-refractivity contribution in [1.29, 1.82) is 0 Å². The molecule has 1 saturated heterocycles. The highest BCUT2D eigenvalue weighted by Crippen LogP contribution is 2.26. The van der Waals surface area contributed by atoms with E-state index in [4.69, 9.17) is 20.8 Å². The molecule has 0 radical (unpaired) electrons. The third kappa shape index (κ3) is 4.96. The first-order valence-electron chi connectivity index (χ1n) is 7.41. The lowest BCUT2D eigenvalue weighted by Gasteiger charge is -2.22. The maximum atomic E-state index is 12.1. The molecule has 2 aromatic rings. The van der Waals surface area contributed by atoms with Gasteiger partial charge in [-0.25, -0.2) is 0 Å². The fraction of sp³-hybridized carbons (Fsp3) is 0.250. The Hall–Kier alpha value is -2.06. The second-order valence-electron chi connectivity index (χ2n) is 5.18. The minimum absolute atomic E-state index is 0. The van der Waals surface area contributed by atoms with Gasteiger partial charge < -0.3 is 25.1 Å². The van der Waals surface area contributed by atoms with Crippen LogP contribution in [0.15, 0.2) is 41.0 Å². The zero-order valence-electron chi connectivity index (χ0n) is 13.1. The number of anilines is 2. The molecule has 2 amide bonds. The van der Waals surface area contributed by atoms with Gasteiger partial charge in [-0.15, -0.1) is 12.4 Å². The van der Waals surface area contributed by atoms with Crippen LogP contribution in [-0.2, 0) is 9.53 Å². The summed E-state index contributed by atoms with van der Waals surface area (Å²) in [6.07, 6.45) is 0.882. The lowest BCUT2D eigenvalue weighted by Crippen LogP contribution is -2.45. The molecular weight excluding hydrogens is 369 g/mol. The van der Waals surface area contributed by atoms with E-state index in [1.165, 1.54) is 6.26 Å². The van der Waals surface area contributed by atoms with E-state index >= 15 is 0 Å². The first kappa shape index (κ1) is 19.3. The monoisotopic (exact) mass is 385 g/mol. The number of hydrogen-bond donors (Lipinski definition) is 3. The number of benzene rings is 1. The molecule has 1 atom stereocenters. The van der Waals surface area contributed by atoms with Gasteiger partial charge in [0.05, 0.1) is 23.6 Å². The Morgan fingerprint density at radius 3 is 2.72 bits per heavy atom. The summed E-state index contributed by atoms with van der Waals surface area (Å²) in [5.74, 6) is -0.462. The fourth-order valence-corrected chi connectivity index (χ4v) is 2.47. The molecule has 0 spiro atoms. The van der Waals surface area contributed by atoms with Gasteiger partial charge >= 0.3 is 0 Å². The largest absolute Gasteiger partial charge is 0.459 e. The number of carbonyl (C=O) groups is 2. The Labute approximate surface area is 155 Å². The quantitative estimate of drug-likeness (QED) is 0.751. The van der Waals surface area contributed by atoms with E-state index in [1.54, 1.807) is 30.3 Å². The number of morpholine rings is 1. The average molecular weight is 386 g/mol. The Bertz CT molecular complexity index is 731. The summed E-state index contributed by atoms with van der Waals surface area (Å²) in [7, 11) is 0. The standard InChI is InChI=1S/C16H16ClN3O4.ClH/c17-11-8-10(19-16(22)14-9-18-5-7-24-14)3-4-12(11)20-15(21)13-2-1-6-23-13;/h1-4,6,8,14,18H,5,7,9H2,(H,19,22)(H,20,21);1H. The number of rotatable bonds is 4. The topological polar surface area (TPSA) is 92.6 Å². The molecule has 2 heterocycles. The second-order valence-corrected chi connectivity index (χ2v) is 5.59. The third-order valence-corrected chi connectivity index (χ3v) is 3.76. The van der Waals surface area contributed by atoms with Gasteiger partial charge in [-0.05, 0) is 30.3 Å². The molecule has 1 aromatic heterocycles. The van der Waals surface area contributed by atoms with E-state index in [2.05, 4.69) is 16.0 Å². The molecule has 1 aliphatic heterocycles. The van der Waals surface area contributed by atoms with E-state index in [-0.39, 0.29) is 24.1 Å². The summed E-state index contributed by atoms with van der Waals surface area (Å²) < 4.78 is 10.4. The van der Waals surface area contributed by atoms with Crippen molar-refractivity contribution in [1.82, 2.24) is 5.32 Å². The van der Waals surface area contributed by atoms with E-state index in [1.807, 2.05) is 0 Å². The van der Waals surface area contributed by atoms with Crippen LogP contribution in [-0.4, -0.2) is 37.6 Å². The number of furan rings is 1. The van der Waals surface area contributed by atoms with Crippen LogP contribution < -0.4 is 16.0 Å². The third-order valence-electron chi connectivity index (χ3n) is 3.45. The normalized spacial score (nSPS) is 16.6. The minimum Gasteiger partial charge on any atom is -0.459 e. The summed E-state index contributed by atoms with van der Waals surface area (Å²) in [6.45, 7) is 1.70. The molecule has 3 N–H and O–H groups in total. The number of amides is 2. The minimum atomic E-state index is -0.532. The van der Waals surface area contributed by atoms with Crippen LogP contribution in [0.2, 0.25) is 5.02 Å². The van der Waals surface area contributed by atoms with Crippen LogP contribution in [0.3, 0.4) is 0 Å². The van der Waals surface area contributed by atoms with Crippen LogP contribution >= 0.6 is 24.0 Å². The predicted octanol–water partition coefficient (Wildman–Crippen LogP) is 2.53.